The summed E-state index contributed by atoms with van der Waals surface area (Å²) in [7, 11) is 2.57. The van der Waals surface area contributed by atoms with Crippen molar-refractivity contribution < 1.29 is 33.4 Å². The van der Waals surface area contributed by atoms with Gasteiger partial charge in [-0.2, -0.15) is 0 Å². The van der Waals surface area contributed by atoms with Gasteiger partial charge in [0, 0.05) is 29.8 Å². The standard InChI is InChI=1S/C43H50N8O7/c1-24(2)35(48-42(54)56-5)40(52)50-19-7-9-32(50)38-44-22-30(45-38)28-16-13-26(14-17-28)11-12-27-15-18-29-34(21-27)58-23-31-37(29)47-39(46-31)33-10-8-20-51(33)41(53)36(25(3)4)49-43(55)57-6/h13-18,21-22,24-25,32-33,35-36H,7-10,19-20,23H2,1-6H3,(H,44,45)(H,46,47)(H,48,54)(H,49,55)/t32-,33-,35-,36-/m0/s1. The molecule has 58 heavy (non-hydrogen) atoms. The van der Waals surface area contributed by atoms with Crippen LogP contribution in [-0.4, -0.2) is 93.1 Å². The first-order valence-electron chi connectivity index (χ1n) is 19.8. The third-order valence-corrected chi connectivity index (χ3v) is 11.0. The number of nitrogens with zero attached hydrogens (tertiary/aromatic N) is 4. The van der Waals surface area contributed by atoms with Crippen molar-refractivity contribution in [2.75, 3.05) is 27.3 Å². The molecule has 0 bridgehead atoms. The van der Waals surface area contributed by atoms with E-state index >= 15 is 0 Å². The van der Waals surface area contributed by atoms with E-state index in [0.29, 0.717) is 30.5 Å². The maximum absolute atomic E-state index is 13.6. The second-order valence-corrected chi connectivity index (χ2v) is 15.5. The molecule has 2 aromatic carbocycles. The summed E-state index contributed by atoms with van der Waals surface area (Å²) < 4.78 is 15.7. The van der Waals surface area contributed by atoms with Crippen molar-refractivity contribution in [3.8, 4) is 40.1 Å². The molecule has 7 rings (SSSR count). The van der Waals surface area contributed by atoms with Crippen LogP contribution in [0.15, 0.2) is 48.7 Å². The zero-order valence-electron chi connectivity index (χ0n) is 33.7. The number of methoxy groups -OCH3 is 2. The van der Waals surface area contributed by atoms with Gasteiger partial charge in [0.25, 0.3) is 0 Å². The van der Waals surface area contributed by atoms with Crippen molar-refractivity contribution in [1.82, 2.24) is 40.4 Å². The molecule has 15 nitrogen and oxygen atoms in total. The Morgan fingerprint density at radius 3 is 1.95 bits per heavy atom. The molecular weight excluding hydrogens is 741 g/mol. The molecule has 4 N–H and O–H groups in total. The number of H-pyrrole nitrogens is 2. The molecule has 0 spiro atoms. The highest BCUT2D eigenvalue weighted by molar-refractivity contribution is 5.87. The average Bonchev–Trinajstić information content (AvgIpc) is 4.06. The average molecular weight is 791 g/mol. The lowest BCUT2D eigenvalue weighted by Crippen LogP contribution is -2.51. The quantitative estimate of drug-likeness (QED) is 0.151. The van der Waals surface area contributed by atoms with E-state index in [2.05, 4.69) is 37.4 Å². The number of amides is 4. The number of hydrogen-bond donors (Lipinski definition) is 4. The summed E-state index contributed by atoms with van der Waals surface area (Å²) in [6.07, 6.45) is 3.71. The first kappa shape index (κ1) is 39.9. The molecule has 0 saturated carbocycles. The zero-order valence-corrected chi connectivity index (χ0v) is 33.7. The number of nitrogens with one attached hydrogen (secondary N) is 4. The highest BCUT2D eigenvalue weighted by Gasteiger charge is 2.39. The molecule has 3 aliphatic rings. The molecule has 15 heteroatoms. The smallest absolute Gasteiger partial charge is 0.407 e. The van der Waals surface area contributed by atoms with Crippen LogP contribution in [0.1, 0.15) is 93.9 Å². The fourth-order valence-corrected chi connectivity index (χ4v) is 7.90. The Labute approximate surface area is 337 Å². The topological polar surface area (TPSA) is 184 Å². The normalized spacial score (nSPS) is 18.1. The Morgan fingerprint density at radius 2 is 1.36 bits per heavy atom. The Hall–Kier alpha value is -6.30. The van der Waals surface area contributed by atoms with Crippen LogP contribution in [0.25, 0.3) is 22.5 Å². The van der Waals surface area contributed by atoms with Crippen LogP contribution in [0.5, 0.6) is 5.75 Å². The number of fused-ring (bicyclic) bond motifs is 3. The maximum atomic E-state index is 13.6. The minimum atomic E-state index is -0.708. The molecule has 304 valence electrons. The van der Waals surface area contributed by atoms with E-state index in [-0.39, 0.29) is 42.3 Å². The SMILES string of the molecule is COC(=O)N[C@H](C(=O)N1CCC[C@H]1c1ncc(-c2ccc(C#Cc3ccc4c(c3)OCc3nc([C@@H]5CCCN5C(=O)[C@@H](NC(=O)OC)C(C)C)[nH]c3-4)cc2)[nH]1)C(C)C. The van der Waals surface area contributed by atoms with Gasteiger partial charge in [-0.25, -0.2) is 19.6 Å². The van der Waals surface area contributed by atoms with Crippen LogP contribution in [0.3, 0.4) is 0 Å². The van der Waals surface area contributed by atoms with E-state index in [1.807, 2.05) is 70.2 Å². The van der Waals surface area contributed by atoms with Gasteiger partial charge >= 0.3 is 12.2 Å². The van der Waals surface area contributed by atoms with Crippen LogP contribution >= 0.6 is 0 Å². The Balaban J connectivity index is 1.01. The first-order chi connectivity index (χ1) is 27.9. The minimum Gasteiger partial charge on any atom is -0.486 e. The highest BCUT2D eigenvalue weighted by Crippen LogP contribution is 2.40. The lowest BCUT2D eigenvalue weighted by molar-refractivity contribution is -0.136. The van der Waals surface area contributed by atoms with Gasteiger partial charge in [0.05, 0.1) is 43.9 Å². The number of carbonyl (C=O) groups is 4. The summed E-state index contributed by atoms with van der Waals surface area (Å²) in [5, 5.41) is 5.38. The van der Waals surface area contributed by atoms with Gasteiger partial charge in [-0.15, -0.1) is 0 Å². The van der Waals surface area contributed by atoms with Crippen LogP contribution in [0.2, 0.25) is 0 Å². The molecule has 4 aromatic rings. The monoisotopic (exact) mass is 790 g/mol. The van der Waals surface area contributed by atoms with E-state index < -0.39 is 24.3 Å². The van der Waals surface area contributed by atoms with E-state index in [9.17, 15) is 19.2 Å². The molecule has 0 radical (unpaired) electrons. The predicted octanol–water partition coefficient (Wildman–Crippen LogP) is 5.85. The Morgan fingerprint density at radius 1 is 0.793 bits per heavy atom. The highest BCUT2D eigenvalue weighted by atomic mass is 16.5. The predicted molar refractivity (Wildman–Crippen MR) is 214 cm³/mol. The number of aromatic amines is 2. The molecule has 0 aliphatic carbocycles. The van der Waals surface area contributed by atoms with Crippen molar-refractivity contribution in [1.29, 1.82) is 0 Å². The number of likely N-dealkylation sites (tertiary alicyclic amines) is 2. The number of rotatable bonds is 9. The fourth-order valence-electron chi connectivity index (χ4n) is 7.90. The number of aromatic nitrogens is 4. The molecule has 2 aromatic heterocycles. The van der Waals surface area contributed by atoms with E-state index in [4.69, 9.17) is 19.2 Å². The summed E-state index contributed by atoms with van der Waals surface area (Å²) in [5.74, 6) is 8.08. The van der Waals surface area contributed by atoms with Crippen molar-refractivity contribution in [3.05, 3.63) is 77.1 Å². The van der Waals surface area contributed by atoms with E-state index in [1.165, 1.54) is 14.2 Å². The second-order valence-electron chi connectivity index (χ2n) is 15.5. The molecule has 4 amide bonds. The molecule has 4 atom stereocenters. The minimum absolute atomic E-state index is 0.112. The van der Waals surface area contributed by atoms with Gasteiger partial charge in [-0.1, -0.05) is 51.7 Å². The summed E-state index contributed by atoms with van der Waals surface area (Å²) in [6, 6.07) is 11.9. The van der Waals surface area contributed by atoms with Crippen LogP contribution in [-0.2, 0) is 25.7 Å². The molecule has 0 unspecified atom stereocenters. The molecule has 2 saturated heterocycles. The van der Waals surface area contributed by atoms with Crippen LogP contribution in [0.4, 0.5) is 9.59 Å². The summed E-state index contributed by atoms with van der Waals surface area (Å²) in [4.78, 5) is 71.1. The number of carbonyl (C=O) groups excluding carboxylic acids is 4. The van der Waals surface area contributed by atoms with Gasteiger partial charge in [0.1, 0.15) is 41.8 Å². The lowest BCUT2D eigenvalue weighted by atomic mass is 10.0. The van der Waals surface area contributed by atoms with Crippen molar-refractivity contribution >= 4 is 24.0 Å². The van der Waals surface area contributed by atoms with E-state index in [1.54, 1.807) is 16.0 Å². The van der Waals surface area contributed by atoms with Crippen molar-refractivity contribution in [3.63, 3.8) is 0 Å². The van der Waals surface area contributed by atoms with Crippen LogP contribution < -0.4 is 15.4 Å². The second kappa shape index (κ2) is 17.1. The van der Waals surface area contributed by atoms with Crippen molar-refractivity contribution in [2.24, 2.45) is 11.8 Å². The lowest BCUT2D eigenvalue weighted by Gasteiger charge is -2.30. The molecule has 5 heterocycles. The summed E-state index contributed by atoms with van der Waals surface area (Å²) in [6.45, 7) is 9.02. The summed E-state index contributed by atoms with van der Waals surface area (Å²) in [5.41, 5.74) is 5.92. The summed E-state index contributed by atoms with van der Waals surface area (Å²) >= 11 is 0. The Bertz CT molecular complexity index is 2230. The number of hydrogen-bond acceptors (Lipinski definition) is 9. The third kappa shape index (κ3) is 8.23. The molecular formula is C43H50N8O7. The fraction of sp³-hybridized carbons (Fsp3) is 0.442. The van der Waals surface area contributed by atoms with Gasteiger partial charge in [0.15, 0.2) is 0 Å². The number of imidazole rings is 2. The Kier molecular flexibility index (Phi) is 11.7. The van der Waals surface area contributed by atoms with E-state index in [0.717, 1.165) is 65.0 Å². The van der Waals surface area contributed by atoms with Gasteiger partial charge in [-0.3, -0.25) is 9.59 Å². The van der Waals surface area contributed by atoms with Crippen LogP contribution in [0, 0.1) is 23.7 Å². The largest absolute Gasteiger partial charge is 0.486 e. The van der Waals surface area contributed by atoms with Crippen molar-refractivity contribution in [2.45, 2.75) is 84.2 Å². The first-order valence-corrected chi connectivity index (χ1v) is 19.8. The van der Waals surface area contributed by atoms with Gasteiger partial charge in [0.2, 0.25) is 11.8 Å². The zero-order chi connectivity index (χ0) is 41.1. The van der Waals surface area contributed by atoms with Gasteiger partial charge < -0.3 is 44.6 Å². The number of ether oxygens (including phenoxy) is 3. The molecule has 2 fully saturated rings. The molecule has 3 aliphatic heterocycles. The maximum Gasteiger partial charge on any atom is 0.407 e. The van der Waals surface area contributed by atoms with Gasteiger partial charge in [-0.05, 0) is 73.4 Å². The third-order valence-electron chi connectivity index (χ3n) is 11.0. The number of benzene rings is 2. The number of alkyl carbamates (subject to hydrolysis) is 2.